The third kappa shape index (κ3) is 2.03. The third-order valence-electron chi connectivity index (χ3n) is 3.56. The Hall–Kier alpha value is -2.36. The number of carbonyl (C=O) groups is 1. The molecule has 2 N–H and O–H groups in total. The number of carbonyl (C=O) groups excluding carboxylic acids is 1. The number of hydrogen-bond acceptors (Lipinski definition) is 4. The van der Waals surface area contributed by atoms with Gasteiger partial charge in [0.15, 0.2) is 0 Å². The van der Waals surface area contributed by atoms with E-state index in [0.29, 0.717) is 12.2 Å². The standard InChI is InChI=1S/C16H16N2O2/c1-2-20-16(19)13-9-11-8-7-10-5-3-4-6-12(10)14(11)18-15(13)17/h3-6,9H,2,7-8H2,1H3,(H2,17,18). The highest BCUT2D eigenvalue weighted by Crippen LogP contribution is 2.33. The fourth-order valence-corrected chi connectivity index (χ4v) is 2.60. The molecule has 0 saturated heterocycles. The van der Waals surface area contributed by atoms with Crippen molar-refractivity contribution in [3.05, 3.63) is 47.0 Å². The number of ether oxygens (including phenoxy) is 1. The molecule has 1 aromatic heterocycles. The Morgan fingerprint density at radius 1 is 1.30 bits per heavy atom. The molecule has 1 aliphatic rings. The molecule has 0 fully saturated rings. The van der Waals surface area contributed by atoms with Crippen molar-refractivity contribution in [3.63, 3.8) is 0 Å². The van der Waals surface area contributed by atoms with Gasteiger partial charge in [0.25, 0.3) is 0 Å². The Balaban J connectivity index is 2.10. The van der Waals surface area contributed by atoms with Gasteiger partial charge in [0.2, 0.25) is 0 Å². The maximum absolute atomic E-state index is 11.9. The predicted octanol–water partition coefficient (Wildman–Crippen LogP) is 2.61. The molecule has 0 spiro atoms. The summed E-state index contributed by atoms with van der Waals surface area (Å²) in [7, 11) is 0. The van der Waals surface area contributed by atoms with E-state index in [9.17, 15) is 4.79 Å². The summed E-state index contributed by atoms with van der Waals surface area (Å²) in [5.74, 6) is -0.168. The molecule has 102 valence electrons. The summed E-state index contributed by atoms with van der Waals surface area (Å²) >= 11 is 0. The highest BCUT2D eigenvalue weighted by atomic mass is 16.5. The normalized spacial score (nSPS) is 12.4. The molecule has 0 atom stereocenters. The van der Waals surface area contributed by atoms with Gasteiger partial charge in [0.1, 0.15) is 11.4 Å². The zero-order valence-electron chi connectivity index (χ0n) is 11.3. The van der Waals surface area contributed by atoms with Gasteiger partial charge in [0.05, 0.1) is 12.3 Å². The second kappa shape index (κ2) is 4.96. The van der Waals surface area contributed by atoms with Crippen LogP contribution >= 0.6 is 0 Å². The van der Waals surface area contributed by atoms with Crippen molar-refractivity contribution in [3.8, 4) is 11.3 Å². The lowest BCUT2D eigenvalue weighted by Crippen LogP contribution is -2.14. The van der Waals surface area contributed by atoms with Gasteiger partial charge in [-0.2, -0.15) is 0 Å². The average molecular weight is 268 g/mol. The van der Waals surface area contributed by atoms with Crippen molar-refractivity contribution in [1.82, 2.24) is 4.98 Å². The number of aryl methyl sites for hydroxylation is 2. The molecule has 0 radical (unpaired) electrons. The maximum Gasteiger partial charge on any atom is 0.341 e. The van der Waals surface area contributed by atoms with E-state index in [1.165, 1.54) is 5.56 Å². The van der Waals surface area contributed by atoms with Crippen molar-refractivity contribution >= 4 is 11.8 Å². The molecule has 3 rings (SSSR count). The summed E-state index contributed by atoms with van der Waals surface area (Å²) in [4.78, 5) is 16.3. The fraction of sp³-hybridized carbons (Fsp3) is 0.250. The Morgan fingerprint density at radius 2 is 2.05 bits per heavy atom. The van der Waals surface area contributed by atoms with E-state index in [1.54, 1.807) is 6.92 Å². The number of rotatable bonds is 2. The van der Waals surface area contributed by atoms with Crippen LogP contribution in [0.25, 0.3) is 11.3 Å². The Labute approximate surface area is 117 Å². The first-order chi connectivity index (χ1) is 9.70. The number of pyridine rings is 1. The molecule has 0 bridgehead atoms. The van der Waals surface area contributed by atoms with Crippen LogP contribution in [0.1, 0.15) is 28.4 Å². The van der Waals surface area contributed by atoms with Crippen LogP contribution in [0, 0.1) is 0 Å². The van der Waals surface area contributed by atoms with Gasteiger partial charge < -0.3 is 10.5 Å². The van der Waals surface area contributed by atoms with Crippen molar-refractivity contribution in [2.24, 2.45) is 0 Å². The zero-order valence-corrected chi connectivity index (χ0v) is 11.3. The second-order valence-electron chi connectivity index (χ2n) is 4.81. The van der Waals surface area contributed by atoms with Gasteiger partial charge in [-0.3, -0.25) is 0 Å². The lowest BCUT2D eigenvalue weighted by atomic mass is 9.88. The van der Waals surface area contributed by atoms with E-state index in [0.717, 1.165) is 29.7 Å². The number of anilines is 1. The minimum atomic E-state index is -0.404. The van der Waals surface area contributed by atoms with Gasteiger partial charge >= 0.3 is 5.97 Å². The summed E-state index contributed by atoms with van der Waals surface area (Å²) in [6.45, 7) is 2.11. The number of aromatic nitrogens is 1. The van der Waals surface area contributed by atoms with E-state index in [2.05, 4.69) is 11.1 Å². The minimum Gasteiger partial charge on any atom is -0.462 e. The van der Waals surface area contributed by atoms with Crippen LogP contribution in [0.5, 0.6) is 0 Å². The van der Waals surface area contributed by atoms with Crippen LogP contribution < -0.4 is 5.73 Å². The number of esters is 1. The molecular weight excluding hydrogens is 252 g/mol. The molecule has 4 nitrogen and oxygen atoms in total. The Morgan fingerprint density at radius 3 is 2.85 bits per heavy atom. The summed E-state index contributed by atoms with van der Waals surface area (Å²) in [5, 5.41) is 0. The van der Waals surface area contributed by atoms with Crippen molar-refractivity contribution in [2.75, 3.05) is 12.3 Å². The number of hydrogen-bond donors (Lipinski definition) is 1. The van der Waals surface area contributed by atoms with Crippen LogP contribution in [0.4, 0.5) is 5.82 Å². The Kier molecular flexibility index (Phi) is 3.14. The number of nitrogen functional groups attached to an aromatic ring is 1. The number of benzene rings is 1. The smallest absolute Gasteiger partial charge is 0.341 e. The lowest BCUT2D eigenvalue weighted by molar-refractivity contribution is 0.0527. The molecule has 0 saturated carbocycles. The summed E-state index contributed by atoms with van der Waals surface area (Å²) in [6, 6.07) is 10.00. The van der Waals surface area contributed by atoms with Crippen LogP contribution in [-0.4, -0.2) is 17.6 Å². The van der Waals surface area contributed by atoms with Gasteiger partial charge in [-0.25, -0.2) is 9.78 Å². The second-order valence-corrected chi connectivity index (χ2v) is 4.81. The predicted molar refractivity (Wildman–Crippen MR) is 77.4 cm³/mol. The Bertz CT molecular complexity index is 680. The van der Waals surface area contributed by atoms with E-state index < -0.39 is 5.97 Å². The molecule has 1 aromatic carbocycles. The minimum absolute atomic E-state index is 0.235. The number of nitrogens with two attached hydrogens (primary N) is 1. The van der Waals surface area contributed by atoms with Crippen LogP contribution in [0.3, 0.4) is 0 Å². The molecule has 0 unspecified atom stereocenters. The van der Waals surface area contributed by atoms with Crippen LogP contribution in [-0.2, 0) is 17.6 Å². The van der Waals surface area contributed by atoms with E-state index in [-0.39, 0.29) is 5.82 Å². The van der Waals surface area contributed by atoms with Gasteiger partial charge in [-0.1, -0.05) is 24.3 Å². The van der Waals surface area contributed by atoms with Gasteiger partial charge in [-0.05, 0) is 37.0 Å². The monoisotopic (exact) mass is 268 g/mol. The number of nitrogens with zero attached hydrogens (tertiary/aromatic N) is 1. The van der Waals surface area contributed by atoms with E-state index >= 15 is 0 Å². The molecule has 0 aliphatic heterocycles. The molecule has 1 heterocycles. The van der Waals surface area contributed by atoms with Crippen molar-refractivity contribution < 1.29 is 9.53 Å². The third-order valence-corrected chi connectivity index (χ3v) is 3.56. The van der Waals surface area contributed by atoms with E-state index in [4.69, 9.17) is 10.5 Å². The highest BCUT2D eigenvalue weighted by Gasteiger charge is 2.21. The van der Waals surface area contributed by atoms with Crippen LogP contribution in [0.15, 0.2) is 30.3 Å². The first-order valence-corrected chi connectivity index (χ1v) is 6.75. The average Bonchev–Trinajstić information content (AvgIpc) is 2.46. The van der Waals surface area contributed by atoms with Crippen molar-refractivity contribution in [1.29, 1.82) is 0 Å². The van der Waals surface area contributed by atoms with E-state index in [1.807, 2.05) is 24.3 Å². The highest BCUT2D eigenvalue weighted by molar-refractivity contribution is 5.95. The zero-order chi connectivity index (χ0) is 14.1. The maximum atomic E-state index is 11.9. The topological polar surface area (TPSA) is 65.2 Å². The quantitative estimate of drug-likeness (QED) is 0.850. The SMILES string of the molecule is CCOC(=O)c1cc2c(nc1N)-c1ccccc1CC2. The number of fused-ring (bicyclic) bond motifs is 3. The first kappa shape index (κ1) is 12.7. The molecule has 4 heteroatoms. The fourth-order valence-electron chi connectivity index (χ4n) is 2.60. The molecule has 2 aromatic rings. The first-order valence-electron chi connectivity index (χ1n) is 6.75. The lowest BCUT2D eigenvalue weighted by Gasteiger charge is -2.20. The molecule has 20 heavy (non-hydrogen) atoms. The van der Waals surface area contributed by atoms with Crippen molar-refractivity contribution in [2.45, 2.75) is 19.8 Å². The van der Waals surface area contributed by atoms with Crippen LogP contribution in [0.2, 0.25) is 0 Å². The van der Waals surface area contributed by atoms with Gasteiger partial charge in [-0.15, -0.1) is 0 Å². The summed E-state index contributed by atoms with van der Waals surface area (Å²) in [5.41, 5.74) is 10.6. The van der Waals surface area contributed by atoms with Gasteiger partial charge in [0, 0.05) is 5.56 Å². The summed E-state index contributed by atoms with van der Waals surface area (Å²) < 4.78 is 5.01. The molecule has 1 aliphatic carbocycles. The molecular formula is C16H16N2O2. The summed E-state index contributed by atoms with van der Waals surface area (Å²) in [6.07, 6.45) is 1.82. The molecule has 0 amide bonds. The largest absolute Gasteiger partial charge is 0.462 e.